The molecule has 150 valence electrons. The number of nitrogens with one attached hydrogen (secondary N) is 4. The number of benzene rings is 2. The maximum absolute atomic E-state index is 11.6. The molecule has 28 heavy (non-hydrogen) atoms. The quantitative estimate of drug-likeness (QED) is 0.446. The molecule has 4 N–H and O–H groups in total. The van der Waals surface area contributed by atoms with Crippen molar-refractivity contribution in [1.29, 1.82) is 0 Å². The third-order valence-corrected chi connectivity index (χ3v) is 3.50. The Kier molecular flexibility index (Phi) is 9.94. The molecule has 0 bridgehead atoms. The first-order valence-electron chi connectivity index (χ1n) is 9.09. The smallest absolute Gasteiger partial charge is 0.319 e. The van der Waals surface area contributed by atoms with Crippen LogP contribution in [0.15, 0.2) is 60.7 Å². The fraction of sp³-hybridized carbons (Fsp3) is 0.300. The van der Waals surface area contributed by atoms with E-state index in [-0.39, 0.29) is 12.1 Å². The summed E-state index contributed by atoms with van der Waals surface area (Å²) in [4.78, 5) is 23.3. The van der Waals surface area contributed by atoms with E-state index in [1.54, 1.807) is 0 Å². The lowest BCUT2D eigenvalue weighted by atomic mass is 10.3. The van der Waals surface area contributed by atoms with Crippen molar-refractivity contribution in [3.8, 4) is 0 Å². The van der Waals surface area contributed by atoms with Crippen molar-refractivity contribution >= 4 is 23.4 Å². The van der Waals surface area contributed by atoms with Crippen LogP contribution in [-0.2, 0) is 9.47 Å². The second-order valence-corrected chi connectivity index (χ2v) is 5.72. The molecule has 0 unspecified atom stereocenters. The van der Waals surface area contributed by atoms with E-state index < -0.39 is 0 Å². The summed E-state index contributed by atoms with van der Waals surface area (Å²) in [6, 6.07) is 17.9. The van der Waals surface area contributed by atoms with Gasteiger partial charge in [-0.05, 0) is 24.3 Å². The largest absolute Gasteiger partial charge is 0.377 e. The summed E-state index contributed by atoms with van der Waals surface area (Å²) in [7, 11) is 0. The highest BCUT2D eigenvalue weighted by Crippen LogP contribution is 2.04. The monoisotopic (exact) mass is 386 g/mol. The molecule has 0 heterocycles. The number of amides is 4. The highest BCUT2D eigenvalue weighted by Gasteiger charge is 2.01. The zero-order valence-electron chi connectivity index (χ0n) is 15.6. The van der Waals surface area contributed by atoms with Gasteiger partial charge in [0.2, 0.25) is 0 Å². The van der Waals surface area contributed by atoms with Crippen LogP contribution in [0, 0.1) is 0 Å². The number of ether oxygens (including phenoxy) is 2. The number of anilines is 2. The van der Waals surface area contributed by atoms with E-state index in [9.17, 15) is 9.59 Å². The molecule has 0 aliphatic rings. The molecule has 2 rings (SSSR count). The SMILES string of the molecule is O=C(NCCOCCOCCNC(=O)Nc1ccccc1)Nc1ccccc1. The zero-order valence-corrected chi connectivity index (χ0v) is 15.6. The van der Waals surface area contributed by atoms with Crippen LogP contribution >= 0.6 is 0 Å². The lowest BCUT2D eigenvalue weighted by molar-refractivity contribution is 0.0512. The molecule has 8 heteroatoms. The van der Waals surface area contributed by atoms with Gasteiger partial charge in [-0.2, -0.15) is 0 Å². The number of carbonyl (C=O) groups excluding carboxylic acids is 2. The summed E-state index contributed by atoms with van der Waals surface area (Å²) in [6.45, 7) is 2.42. The first-order valence-corrected chi connectivity index (χ1v) is 9.09. The summed E-state index contributed by atoms with van der Waals surface area (Å²) >= 11 is 0. The van der Waals surface area contributed by atoms with Crippen molar-refractivity contribution in [2.45, 2.75) is 0 Å². The van der Waals surface area contributed by atoms with Crippen LogP contribution in [0.2, 0.25) is 0 Å². The van der Waals surface area contributed by atoms with Gasteiger partial charge in [-0.1, -0.05) is 36.4 Å². The van der Waals surface area contributed by atoms with E-state index in [4.69, 9.17) is 9.47 Å². The summed E-state index contributed by atoms with van der Waals surface area (Å²) in [5.41, 5.74) is 1.47. The number of para-hydroxylation sites is 2. The van der Waals surface area contributed by atoms with Crippen molar-refractivity contribution in [3.05, 3.63) is 60.7 Å². The van der Waals surface area contributed by atoms with Gasteiger partial charge >= 0.3 is 12.1 Å². The normalized spacial score (nSPS) is 10.1. The Hall–Kier alpha value is -3.10. The Balaban J connectivity index is 1.37. The topological polar surface area (TPSA) is 101 Å². The molecule has 0 aliphatic carbocycles. The Labute approximate surface area is 164 Å². The molecular weight excluding hydrogens is 360 g/mol. The highest BCUT2D eigenvalue weighted by molar-refractivity contribution is 5.89. The lowest BCUT2D eigenvalue weighted by Gasteiger charge is -2.09. The molecular formula is C20H26N4O4. The molecule has 2 aromatic carbocycles. The second-order valence-electron chi connectivity index (χ2n) is 5.72. The first kappa shape index (κ1) is 21.2. The molecule has 0 saturated carbocycles. The maximum Gasteiger partial charge on any atom is 0.319 e. The molecule has 0 radical (unpaired) electrons. The van der Waals surface area contributed by atoms with E-state index in [2.05, 4.69) is 21.3 Å². The Morgan fingerprint density at radius 1 is 0.607 bits per heavy atom. The molecule has 0 spiro atoms. The minimum Gasteiger partial charge on any atom is -0.377 e. The van der Waals surface area contributed by atoms with Gasteiger partial charge < -0.3 is 30.7 Å². The predicted octanol–water partition coefficient (Wildman–Crippen LogP) is 2.66. The Bertz CT molecular complexity index is 636. The number of carbonyl (C=O) groups is 2. The predicted molar refractivity (Wildman–Crippen MR) is 109 cm³/mol. The molecule has 0 aliphatic heterocycles. The van der Waals surface area contributed by atoms with Crippen LogP contribution in [-0.4, -0.2) is 51.6 Å². The van der Waals surface area contributed by atoms with Crippen molar-refractivity contribution in [2.24, 2.45) is 0 Å². The number of hydrogen-bond donors (Lipinski definition) is 4. The van der Waals surface area contributed by atoms with Gasteiger partial charge in [0, 0.05) is 24.5 Å². The average Bonchev–Trinajstić information content (AvgIpc) is 2.71. The van der Waals surface area contributed by atoms with Crippen molar-refractivity contribution in [2.75, 3.05) is 50.2 Å². The van der Waals surface area contributed by atoms with Crippen LogP contribution in [0.5, 0.6) is 0 Å². The Morgan fingerprint density at radius 3 is 1.39 bits per heavy atom. The summed E-state index contributed by atoms with van der Waals surface area (Å²) < 4.78 is 10.7. The number of hydrogen-bond acceptors (Lipinski definition) is 4. The van der Waals surface area contributed by atoms with Crippen LogP contribution in [0.3, 0.4) is 0 Å². The highest BCUT2D eigenvalue weighted by atomic mass is 16.5. The van der Waals surface area contributed by atoms with E-state index in [0.29, 0.717) is 39.5 Å². The molecule has 0 fully saturated rings. The number of rotatable bonds is 11. The van der Waals surface area contributed by atoms with E-state index in [1.165, 1.54) is 0 Å². The van der Waals surface area contributed by atoms with Crippen LogP contribution in [0.1, 0.15) is 0 Å². The van der Waals surface area contributed by atoms with Gasteiger partial charge in [-0.3, -0.25) is 0 Å². The number of urea groups is 2. The van der Waals surface area contributed by atoms with Crippen LogP contribution < -0.4 is 21.3 Å². The standard InChI is InChI=1S/C20H26N4O4/c25-19(23-17-7-3-1-4-8-17)21-11-13-27-15-16-28-14-12-22-20(26)24-18-9-5-2-6-10-18/h1-10H,11-16H2,(H2,21,23,25)(H2,22,24,26). The zero-order chi connectivity index (χ0) is 19.9. The van der Waals surface area contributed by atoms with Crippen LogP contribution in [0.4, 0.5) is 21.0 Å². The summed E-state index contributed by atoms with van der Waals surface area (Å²) in [5, 5.41) is 10.9. The molecule has 2 aromatic rings. The second kappa shape index (κ2) is 13.1. The summed E-state index contributed by atoms with van der Waals surface area (Å²) in [5.74, 6) is 0. The lowest BCUT2D eigenvalue weighted by Crippen LogP contribution is -2.32. The van der Waals surface area contributed by atoms with Gasteiger partial charge in [-0.25, -0.2) is 9.59 Å². The van der Waals surface area contributed by atoms with Crippen molar-refractivity contribution < 1.29 is 19.1 Å². The van der Waals surface area contributed by atoms with Crippen molar-refractivity contribution in [1.82, 2.24) is 10.6 Å². The van der Waals surface area contributed by atoms with Gasteiger partial charge in [0.1, 0.15) is 0 Å². The fourth-order valence-corrected chi connectivity index (χ4v) is 2.19. The van der Waals surface area contributed by atoms with Gasteiger partial charge in [0.05, 0.1) is 26.4 Å². The average molecular weight is 386 g/mol. The molecule has 0 atom stereocenters. The third-order valence-electron chi connectivity index (χ3n) is 3.50. The van der Waals surface area contributed by atoms with Gasteiger partial charge in [0.15, 0.2) is 0 Å². The third kappa shape index (κ3) is 9.56. The Morgan fingerprint density at radius 2 is 1.00 bits per heavy atom. The van der Waals surface area contributed by atoms with Gasteiger partial charge in [-0.15, -0.1) is 0 Å². The molecule has 0 saturated heterocycles. The minimum atomic E-state index is -0.272. The maximum atomic E-state index is 11.6. The van der Waals surface area contributed by atoms with E-state index in [0.717, 1.165) is 11.4 Å². The molecule has 0 aromatic heterocycles. The van der Waals surface area contributed by atoms with Crippen LogP contribution in [0.25, 0.3) is 0 Å². The van der Waals surface area contributed by atoms with Gasteiger partial charge in [0.25, 0.3) is 0 Å². The summed E-state index contributed by atoms with van der Waals surface area (Å²) in [6.07, 6.45) is 0. The molecule has 8 nitrogen and oxygen atoms in total. The minimum absolute atomic E-state index is 0.272. The fourth-order valence-electron chi connectivity index (χ4n) is 2.19. The first-order chi connectivity index (χ1) is 13.7. The van der Waals surface area contributed by atoms with E-state index >= 15 is 0 Å². The van der Waals surface area contributed by atoms with E-state index in [1.807, 2.05) is 60.7 Å². The molecule has 4 amide bonds. The van der Waals surface area contributed by atoms with Crippen molar-refractivity contribution in [3.63, 3.8) is 0 Å².